The van der Waals surface area contributed by atoms with E-state index in [2.05, 4.69) is 29.0 Å². The summed E-state index contributed by atoms with van der Waals surface area (Å²) < 4.78 is 63.0. The maximum atomic E-state index is 15.2. The molecule has 2 nitrogen and oxygen atoms in total. The first kappa shape index (κ1) is 26.7. The lowest BCUT2D eigenvalue weighted by molar-refractivity contribution is -0.0522. The second-order valence-corrected chi connectivity index (χ2v) is 9.15. The average Bonchev–Trinajstić information content (AvgIpc) is 2.89. The van der Waals surface area contributed by atoms with Crippen LogP contribution in [0.4, 0.5) is 17.6 Å². The summed E-state index contributed by atoms with van der Waals surface area (Å²) in [6.45, 7) is -2.32. The molecule has 0 N–H and O–H groups in total. The van der Waals surface area contributed by atoms with Crippen molar-refractivity contribution in [3.05, 3.63) is 112 Å². The van der Waals surface area contributed by atoms with Crippen LogP contribution >= 0.6 is 0 Å². The predicted molar refractivity (Wildman–Crippen MR) is 138 cm³/mol. The van der Waals surface area contributed by atoms with Gasteiger partial charge in [0.15, 0.2) is 11.6 Å². The summed E-state index contributed by atoms with van der Waals surface area (Å²) in [5, 5.41) is 1.39. The monoisotopic (exact) mass is 510 g/mol. The molecule has 0 atom stereocenters. The zero-order valence-electron chi connectivity index (χ0n) is 20.8. The van der Waals surface area contributed by atoms with E-state index >= 15 is 4.39 Å². The van der Waals surface area contributed by atoms with E-state index in [1.807, 2.05) is 24.3 Å². The Kier molecular flexibility index (Phi) is 9.18. The lowest BCUT2D eigenvalue weighted by atomic mass is 9.97. The van der Waals surface area contributed by atoms with Crippen molar-refractivity contribution in [3.63, 3.8) is 0 Å². The number of rotatable bonds is 12. The number of methoxy groups -OCH3 is 1. The van der Waals surface area contributed by atoms with E-state index in [0.717, 1.165) is 49.3 Å². The zero-order valence-corrected chi connectivity index (χ0v) is 20.8. The Morgan fingerprint density at radius 3 is 2.00 bits per heavy atom. The van der Waals surface area contributed by atoms with Gasteiger partial charge in [-0.3, -0.25) is 0 Å². The third kappa shape index (κ3) is 7.32. The van der Waals surface area contributed by atoms with Crippen LogP contribution in [-0.2, 0) is 36.8 Å². The maximum Gasteiger partial charge on any atom is 0.387 e. The van der Waals surface area contributed by atoms with E-state index in [9.17, 15) is 13.2 Å². The summed E-state index contributed by atoms with van der Waals surface area (Å²) in [7, 11) is 1.72. The van der Waals surface area contributed by atoms with E-state index in [1.165, 1.54) is 23.3 Å². The van der Waals surface area contributed by atoms with Crippen LogP contribution in [0.5, 0.6) is 5.75 Å². The number of ether oxygens (including phenoxy) is 2. The Morgan fingerprint density at radius 2 is 1.30 bits per heavy atom. The van der Waals surface area contributed by atoms with Gasteiger partial charge in [-0.25, -0.2) is 8.78 Å². The first-order valence-electron chi connectivity index (χ1n) is 12.4. The van der Waals surface area contributed by atoms with Crippen LogP contribution < -0.4 is 4.74 Å². The van der Waals surface area contributed by atoms with Crippen molar-refractivity contribution in [1.29, 1.82) is 0 Å². The molecule has 0 bridgehead atoms. The van der Waals surface area contributed by atoms with Gasteiger partial charge in [-0.05, 0) is 83.9 Å². The van der Waals surface area contributed by atoms with Gasteiger partial charge in [0, 0.05) is 19.1 Å². The van der Waals surface area contributed by atoms with Gasteiger partial charge in [-0.1, -0.05) is 60.7 Å². The van der Waals surface area contributed by atoms with Crippen molar-refractivity contribution in [1.82, 2.24) is 0 Å². The third-order valence-electron chi connectivity index (χ3n) is 6.53. The predicted octanol–water partition coefficient (Wildman–Crippen LogP) is 7.87. The first-order valence-corrected chi connectivity index (χ1v) is 12.4. The van der Waals surface area contributed by atoms with E-state index < -0.39 is 18.2 Å². The largest absolute Gasteiger partial charge is 0.432 e. The quantitative estimate of drug-likeness (QED) is 0.143. The van der Waals surface area contributed by atoms with Gasteiger partial charge in [0.2, 0.25) is 0 Å². The molecule has 37 heavy (non-hydrogen) atoms. The van der Waals surface area contributed by atoms with Gasteiger partial charge in [-0.15, -0.1) is 0 Å². The van der Waals surface area contributed by atoms with Crippen LogP contribution in [0.15, 0.2) is 72.8 Å². The zero-order chi connectivity index (χ0) is 26.2. The molecular formula is C31H30F4O2. The number of aryl methyl sites for hydroxylation is 5. The molecule has 0 amide bonds. The average molecular weight is 511 g/mol. The topological polar surface area (TPSA) is 18.5 Å². The molecule has 0 radical (unpaired) electrons. The second kappa shape index (κ2) is 12.7. The fourth-order valence-corrected chi connectivity index (χ4v) is 4.49. The van der Waals surface area contributed by atoms with Crippen LogP contribution in [0.25, 0.3) is 10.8 Å². The Hall–Kier alpha value is -3.38. The van der Waals surface area contributed by atoms with Crippen LogP contribution in [0.2, 0.25) is 0 Å². The van der Waals surface area contributed by atoms with Crippen molar-refractivity contribution in [2.75, 3.05) is 13.7 Å². The minimum Gasteiger partial charge on any atom is -0.432 e. The van der Waals surface area contributed by atoms with Gasteiger partial charge in [0.05, 0.1) is 0 Å². The van der Waals surface area contributed by atoms with Gasteiger partial charge in [0.25, 0.3) is 0 Å². The third-order valence-corrected chi connectivity index (χ3v) is 6.53. The fraction of sp³-hybridized carbons (Fsp3) is 0.290. The molecule has 0 saturated heterocycles. The standard InChI is InChI=1S/C31H30F4O2/c1-36-18-2-3-21-4-6-22(7-5-21)8-9-23-11-16-27-26(19-23)15-14-25(30(27)33)13-10-24-12-17-29(28(32)20-24)37-31(34)35/h4-7,11-12,14-17,19-20,31H,2-3,8-10,13,18H2,1H3. The molecule has 0 fully saturated rings. The number of alkyl halides is 2. The number of benzene rings is 4. The minimum atomic E-state index is -3.09. The Labute approximate surface area is 214 Å². The van der Waals surface area contributed by atoms with Crippen molar-refractivity contribution in [2.45, 2.75) is 45.1 Å². The molecule has 6 heteroatoms. The Bertz CT molecular complexity index is 1320. The highest BCUT2D eigenvalue weighted by Gasteiger charge is 2.12. The summed E-state index contributed by atoms with van der Waals surface area (Å²) in [6.07, 6.45) is 4.51. The highest BCUT2D eigenvalue weighted by Crippen LogP contribution is 2.26. The molecule has 0 aliphatic rings. The molecular weight excluding hydrogens is 480 g/mol. The highest BCUT2D eigenvalue weighted by molar-refractivity contribution is 5.84. The second-order valence-electron chi connectivity index (χ2n) is 9.15. The summed E-state index contributed by atoms with van der Waals surface area (Å²) >= 11 is 0. The maximum absolute atomic E-state index is 15.2. The van der Waals surface area contributed by atoms with E-state index in [4.69, 9.17) is 4.74 Å². The summed E-state index contributed by atoms with van der Waals surface area (Å²) in [6, 6.07) is 22.0. The molecule has 0 aliphatic heterocycles. The molecule has 4 rings (SSSR count). The highest BCUT2D eigenvalue weighted by atomic mass is 19.3. The molecule has 4 aromatic rings. The van der Waals surface area contributed by atoms with Crippen LogP contribution in [-0.4, -0.2) is 20.3 Å². The first-order chi connectivity index (χ1) is 17.9. The molecule has 4 aromatic carbocycles. The molecule has 0 spiro atoms. The van der Waals surface area contributed by atoms with Gasteiger partial charge < -0.3 is 9.47 Å². The molecule has 0 aromatic heterocycles. The van der Waals surface area contributed by atoms with Crippen molar-refractivity contribution >= 4 is 10.8 Å². The molecule has 194 valence electrons. The number of hydrogen-bond donors (Lipinski definition) is 0. The lowest BCUT2D eigenvalue weighted by Crippen LogP contribution is -2.04. The SMILES string of the molecule is COCCCc1ccc(CCc2ccc3c(F)c(CCc4ccc(OC(F)F)c(F)c4)ccc3c2)cc1. The van der Waals surface area contributed by atoms with Crippen molar-refractivity contribution in [3.8, 4) is 5.75 Å². The number of fused-ring (bicyclic) bond motifs is 1. The van der Waals surface area contributed by atoms with Crippen molar-refractivity contribution < 1.29 is 27.0 Å². The van der Waals surface area contributed by atoms with E-state index in [-0.39, 0.29) is 5.82 Å². The van der Waals surface area contributed by atoms with Crippen LogP contribution in [0.1, 0.15) is 34.2 Å². The Balaban J connectivity index is 1.37. The lowest BCUT2D eigenvalue weighted by Gasteiger charge is -2.10. The normalized spacial score (nSPS) is 11.4. The van der Waals surface area contributed by atoms with Crippen LogP contribution in [0, 0.1) is 11.6 Å². The van der Waals surface area contributed by atoms with E-state index in [1.54, 1.807) is 13.2 Å². The minimum absolute atomic E-state index is 0.286. The van der Waals surface area contributed by atoms with Gasteiger partial charge in [0.1, 0.15) is 5.82 Å². The van der Waals surface area contributed by atoms with Crippen LogP contribution in [0.3, 0.4) is 0 Å². The summed E-state index contributed by atoms with van der Waals surface area (Å²) in [5.41, 5.74) is 4.82. The number of hydrogen-bond acceptors (Lipinski definition) is 2. The van der Waals surface area contributed by atoms with Crippen molar-refractivity contribution in [2.24, 2.45) is 0 Å². The smallest absolute Gasteiger partial charge is 0.387 e. The molecule has 0 aliphatic carbocycles. The summed E-state index contributed by atoms with van der Waals surface area (Å²) in [4.78, 5) is 0. The summed E-state index contributed by atoms with van der Waals surface area (Å²) in [5.74, 6) is -1.64. The molecule has 0 unspecified atom stereocenters. The fourth-order valence-electron chi connectivity index (χ4n) is 4.49. The van der Waals surface area contributed by atoms with E-state index in [0.29, 0.717) is 29.4 Å². The molecule has 0 heterocycles. The van der Waals surface area contributed by atoms with Gasteiger partial charge >= 0.3 is 6.61 Å². The molecule has 0 saturated carbocycles. The number of halogens is 4. The van der Waals surface area contributed by atoms with Gasteiger partial charge in [-0.2, -0.15) is 8.78 Å². The Morgan fingerprint density at radius 1 is 0.676 bits per heavy atom.